The molecule has 4 rings (SSSR count). The van der Waals surface area contributed by atoms with Crippen molar-refractivity contribution in [1.82, 2.24) is 14.9 Å². The lowest BCUT2D eigenvalue weighted by Gasteiger charge is -2.34. The van der Waals surface area contributed by atoms with Gasteiger partial charge in [-0.15, -0.1) is 11.3 Å². The summed E-state index contributed by atoms with van der Waals surface area (Å²) in [4.78, 5) is 25.7. The summed E-state index contributed by atoms with van der Waals surface area (Å²) in [5.74, 6) is 0.670. The first-order valence-electron chi connectivity index (χ1n) is 8.81. The molecule has 4 heterocycles. The Labute approximate surface area is 160 Å². The van der Waals surface area contributed by atoms with Crippen molar-refractivity contribution in [2.45, 2.75) is 31.8 Å². The van der Waals surface area contributed by atoms with Crippen molar-refractivity contribution in [3.05, 3.63) is 16.2 Å². The molecule has 2 aromatic rings. The summed E-state index contributed by atoms with van der Waals surface area (Å²) in [6.45, 7) is 4.72. The first-order chi connectivity index (χ1) is 12.6. The van der Waals surface area contributed by atoms with Gasteiger partial charge in [0.2, 0.25) is 5.28 Å². The van der Waals surface area contributed by atoms with E-state index < -0.39 is 0 Å². The van der Waals surface area contributed by atoms with Gasteiger partial charge in [0.15, 0.2) is 5.82 Å². The van der Waals surface area contributed by atoms with Crippen LogP contribution in [0.2, 0.25) is 5.28 Å². The molecule has 0 radical (unpaired) electrons. The maximum absolute atomic E-state index is 13.0. The zero-order valence-electron chi connectivity index (χ0n) is 14.5. The molecule has 0 aromatic carbocycles. The number of hydrogen-bond donors (Lipinski definition) is 1. The van der Waals surface area contributed by atoms with Gasteiger partial charge >= 0.3 is 0 Å². The topological polar surface area (TPSA) is 78.8 Å². The summed E-state index contributed by atoms with van der Waals surface area (Å²) >= 11 is 7.66. The number of anilines is 1. The number of amides is 1. The Morgan fingerprint density at radius 3 is 3.08 bits per heavy atom. The second-order valence-corrected chi connectivity index (χ2v) is 7.96. The average Bonchev–Trinajstić information content (AvgIpc) is 3.27. The van der Waals surface area contributed by atoms with Crippen LogP contribution in [0.3, 0.4) is 0 Å². The molecule has 140 valence electrons. The van der Waals surface area contributed by atoms with Crippen molar-refractivity contribution >= 4 is 44.9 Å². The van der Waals surface area contributed by atoms with Crippen LogP contribution >= 0.6 is 22.9 Å². The quantitative estimate of drug-likeness (QED) is 0.801. The highest BCUT2D eigenvalue weighted by atomic mass is 35.5. The van der Waals surface area contributed by atoms with Crippen LogP contribution in [-0.4, -0.2) is 70.9 Å². The molecule has 2 aliphatic rings. The molecule has 2 fully saturated rings. The smallest absolute Gasteiger partial charge is 0.257 e. The van der Waals surface area contributed by atoms with Gasteiger partial charge in [-0.2, -0.15) is 4.98 Å². The van der Waals surface area contributed by atoms with Crippen molar-refractivity contribution < 1.29 is 14.6 Å². The second-order valence-electron chi connectivity index (χ2n) is 6.74. The normalized spacial score (nSPS) is 23.8. The van der Waals surface area contributed by atoms with E-state index in [-0.39, 0.29) is 29.9 Å². The van der Waals surface area contributed by atoms with E-state index in [2.05, 4.69) is 21.8 Å². The van der Waals surface area contributed by atoms with Gasteiger partial charge in [0.1, 0.15) is 5.52 Å². The van der Waals surface area contributed by atoms with Gasteiger partial charge < -0.3 is 19.6 Å². The third-order valence-electron chi connectivity index (χ3n) is 5.09. The molecule has 0 spiro atoms. The summed E-state index contributed by atoms with van der Waals surface area (Å²) in [5, 5.41) is 11.5. The van der Waals surface area contributed by atoms with E-state index in [4.69, 9.17) is 16.3 Å². The number of aliphatic hydroxyl groups excluding tert-OH is 1. The van der Waals surface area contributed by atoms with E-state index in [0.29, 0.717) is 30.8 Å². The summed E-state index contributed by atoms with van der Waals surface area (Å²) in [7, 11) is 0. The lowest BCUT2D eigenvalue weighted by Crippen LogP contribution is -2.44. The first-order valence-corrected chi connectivity index (χ1v) is 10.1. The van der Waals surface area contributed by atoms with E-state index in [1.165, 1.54) is 11.3 Å². The number of likely N-dealkylation sites (tertiary alicyclic amines) is 1. The van der Waals surface area contributed by atoms with Crippen molar-refractivity contribution in [3.63, 3.8) is 0 Å². The molecule has 2 atom stereocenters. The fraction of sp³-hybridized carbons (Fsp3) is 0.588. The number of rotatable bonds is 3. The number of hydrogen-bond acceptors (Lipinski definition) is 7. The number of carbonyl (C=O) groups excluding carboxylic acids is 1. The highest BCUT2D eigenvalue weighted by molar-refractivity contribution is 7.18. The van der Waals surface area contributed by atoms with Gasteiger partial charge in [0, 0.05) is 18.5 Å². The van der Waals surface area contributed by atoms with Gasteiger partial charge in [-0.25, -0.2) is 4.98 Å². The van der Waals surface area contributed by atoms with Gasteiger partial charge in [-0.1, -0.05) is 0 Å². The zero-order valence-corrected chi connectivity index (χ0v) is 16.1. The van der Waals surface area contributed by atoms with Gasteiger partial charge in [-0.05, 0) is 31.4 Å². The molecule has 9 heteroatoms. The standard InChI is InChI=1S/C17H21ClN4O3S/c1-10-8-25-6-5-21(10)15-14-13(19-17(18)20-15)12(9-26-14)16(24)22-4-2-3-11(22)7-23/h9-11,23H,2-8H2,1H3/t10-,11+/m1/s1. The van der Waals surface area contributed by atoms with Crippen LogP contribution in [0.25, 0.3) is 10.2 Å². The fourth-order valence-electron chi connectivity index (χ4n) is 3.71. The van der Waals surface area contributed by atoms with Crippen molar-refractivity contribution in [2.24, 2.45) is 0 Å². The molecule has 26 heavy (non-hydrogen) atoms. The van der Waals surface area contributed by atoms with Crippen molar-refractivity contribution in [2.75, 3.05) is 37.8 Å². The number of halogens is 1. The molecule has 2 aliphatic heterocycles. The largest absolute Gasteiger partial charge is 0.394 e. The number of aliphatic hydroxyl groups is 1. The van der Waals surface area contributed by atoms with Crippen LogP contribution in [0.5, 0.6) is 0 Å². The number of fused-ring (bicyclic) bond motifs is 1. The Kier molecular flexibility index (Phi) is 5.00. The Balaban J connectivity index is 1.75. The number of carbonyl (C=O) groups is 1. The van der Waals surface area contributed by atoms with Crippen LogP contribution < -0.4 is 4.90 Å². The minimum absolute atomic E-state index is 0.0138. The predicted molar refractivity (Wildman–Crippen MR) is 101 cm³/mol. The third-order valence-corrected chi connectivity index (χ3v) is 6.22. The van der Waals surface area contributed by atoms with Gasteiger partial charge in [0.05, 0.1) is 42.2 Å². The maximum Gasteiger partial charge on any atom is 0.257 e. The molecule has 1 N–H and O–H groups in total. The van der Waals surface area contributed by atoms with Crippen LogP contribution in [0.15, 0.2) is 5.38 Å². The minimum atomic E-state index is -0.117. The Bertz CT molecular complexity index is 830. The lowest BCUT2D eigenvalue weighted by molar-refractivity contribution is 0.0680. The fourth-order valence-corrected chi connectivity index (χ4v) is 4.86. The SMILES string of the molecule is C[C@@H]1COCCN1c1nc(Cl)nc2c(C(=O)N3CCC[C@H]3CO)csc12. The van der Waals surface area contributed by atoms with E-state index in [1.807, 2.05) is 5.38 Å². The molecule has 2 aromatic heterocycles. The number of thiophene rings is 1. The minimum Gasteiger partial charge on any atom is -0.394 e. The highest BCUT2D eigenvalue weighted by Crippen LogP contribution is 2.35. The van der Waals surface area contributed by atoms with E-state index in [0.717, 1.165) is 29.9 Å². The number of morpholine rings is 1. The highest BCUT2D eigenvalue weighted by Gasteiger charge is 2.32. The second kappa shape index (κ2) is 7.26. The first kappa shape index (κ1) is 17.9. The molecular weight excluding hydrogens is 376 g/mol. The monoisotopic (exact) mass is 396 g/mol. The van der Waals surface area contributed by atoms with E-state index in [1.54, 1.807) is 4.90 Å². The molecule has 0 aliphatic carbocycles. The molecule has 2 saturated heterocycles. The average molecular weight is 397 g/mol. The van der Waals surface area contributed by atoms with Crippen LogP contribution in [0.1, 0.15) is 30.1 Å². The molecule has 0 unspecified atom stereocenters. The lowest BCUT2D eigenvalue weighted by atomic mass is 10.2. The molecule has 0 bridgehead atoms. The molecule has 7 nitrogen and oxygen atoms in total. The Hall–Kier alpha value is -1.48. The Morgan fingerprint density at radius 1 is 1.46 bits per heavy atom. The number of aromatic nitrogens is 2. The summed E-state index contributed by atoms with van der Waals surface area (Å²) in [5.41, 5.74) is 1.13. The molecular formula is C17H21ClN4O3S. The van der Waals surface area contributed by atoms with E-state index >= 15 is 0 Å². The maximum atomic E-state index is 13.0. The van der Waals surface area contributed by atoms with Crippen LogP contribution in [0.4, 0.5) is 5.82 Å². The van der Waals surface area contributed by atoms with Gasteiger partial charge in [0.25, 0.3) is 5.91 Å². The van der Waals surface area contributed by atoms with Crippen LogP contribution in [0, 0.1) is 0 Å². The summed E-state index contributed by atoms with van der Waals surface area (Å²) in [6, 6.07) is 0.0602. The Morgan fingerprint density at radius 2 is 2.31 bits per heavy atom. The zero-order chi connectivity index (χ0) is 18.3. The van der Waals surface area contributed by atoms with Crippen molar-refractivity contribution in [1.29, 1.82) is 0 Å². The van der Waals surface area contributed by atoms with Gasteiger partial charge in [-0.3, -0.25) is 4.79 Å². The number of nitrogens with zero attached hydrogens (tertiary/aromatic N) is 4. The van der Waals surface area contributed by atoms with Crippen molar-refractivity contribution in [3.8, 4) is 0 Å². The third kappa shape index (κ3) is 3.05. The van der Waals surface area contributed by atoms with Crippen LogP contribution in [-0.2, 0) is 4.74 Å². The molecule has 1 amide bonds. The summed E-state index contributed by atoms with van der Waals surface area (Å²) in [6.07, 6.45) is 1.74. The summed E-state index contributed by atoms with van der Waals surface area (Å²) < 4.78 is 6.38. The molecule has 0 saturated carbocycles. The van der Waals surface area contributed by atoms with E-state index in [9.17, 15) is 9.90 Å². The number of ether oxygens (including phenoxy) is 1. The predicted octanol–water partition coefficient (Wildman–Crippen LogP) is 2.17.